The Morgan fingerprint density at radius 3 is 2.50 bits per heavy atom. The second kappa shape index (κ2) is 8.87. The number of fused-ring (bicyclic) bond motifs is 1. The molecule has 0 saturated carbocycles. The Hall–Kier alpha value is -2.87. The molecule has 0 unspecified atom stereocenters. The van der Waals surface area contributed by atoms with Crippen LogP contribution < -0.4 is 11.2 Å². The number of nitrogens with zero attached hydrogens (tertiary/aromatic N) is 4. The van der Waals surface area contributed by atoms with Crippen molar-refractivity contribution < 1.29 is 9.53 Å². The van der Waals surface area contributed by atoms with E-state index in [2.05, 4.69) is 4.90 Å². The number of piperidine rings is 1. The Morgan fingerprint density at radius 2 is 1.77 bits per heavy atom. The molecule has 0 atom stereocenters. The van der Waals surface area contributed by atoms with Crippen LogP contribution in [0.15, 0.2) is 39.9 Å². The van der Waals surface area contributed by atoms with Crippen LogP contribution in [0, 0.1) is 0 Å². The minimum atomic E-state index is -0.408. The summed E-state index contributed by atoms with van der Waals surface area (Å²) >= 11 is 0. The van der Waals surface area contributed by atoms with Crippen LogP contribution in [0.3, 0.4) is 0 Å². The molecule has 2 aliphatic heterocycles. The second-order valence-electron chi connectivity index (χ2n) is 8.03. The Bertz CT molecular complexity index is 1020. The highest BCUT2D eigenvalue weighted by atomic mass is 16.6. The quantitative estimate of drug-likeness (QED) is 0.761. The van der Waals surface area contributed by atoms with Crippen molar-refractivity contribution in [1.29, 1.82) is 0 Å². The van der Waals surface area contributed by atoms with Gasteiger partial charge in [0.25, 0.3) is 5.56 Å². The predicted octanol–water partition coefficient (Wildman–Crippen LogP) is 1.53. The van der Waals surface area contributed by atoms with Gasteiger partial charge in [-0.15, -0.1) is 0 Å². The average molecular weight is 412 g/mol. The van der Waals surface area contributed by atoms with Gasteiger partial charge in [0.05, 0.1) is 18.7 Å². The molecule has 1 aromatic carbocycles. The Balaban J connectivity index is 1.52. The van der Waals surface area contributed by atoms with Crippen LogP contribution in [-0.2, 0) is 31.3 Å². The Morgan fingerprint density at radius 1 is 1.03 bits per heavy atom. The minimum Gasteiger partial charge on any atom is -0.433 e. The zero-order chi connectivity index (χ0) is 21.1. The fourth-order valence-corrected chi connectivity index (χ4v) is 4.25. The fraction of sp³-hybridized carbons (Fsp3) is 0.500. The first kappa shape index (κ1) is 20.4. The van der Waals surface area contributed by atoms with Crippen molar-refractivity contribution in [3.8, 4) is 0 Å². The molecule has 1 amide bonds. The van der Waals surface area contributed by atoms with Gasteiger partial charge in [-0.25, -0.2) is 9.59 Å². The number of rotatable bonds is 4. The van der Waals surface area contributed by atoms with E-state index in [1.54, 1.807) is 11.9 Å². The summed E-state index contributed by atoms with van der Waals surface area (Å²) in [4.78, 5) is 42.2. The van der Waals surface area contributed by atoms with Crippen LogP contribution >= 0.6 is 0 Å². The van der Waals surface area contributed by atoms with Crippen molar-refractivity contribution in [2.24, 2.45) is 7.05 Å². The third kappa shape index (κ3) is 4.18. The number of likely N-dealkylation sites (tertiary alicyclic amines) is 1. The van der Waals surface area contributed by atoms with E-state index in [0.717, 1.165) is 31.5 Å². The predicted molar refractivity (Wildman–Crippen MR) is 112 cm³/mol. The molecule has 1 saturated heterocycles. The molecule has 30 heavy (non-hydrogen) atoms. The third-order valence-corrected chi connectivity index (χ3v) is 6.00. The summed E-state index contributed by atoms with van der Waals surface area (Å²) in [7, 11) is 1.69. The van der Waals surface area contributed by atoms with Gasteiger partial charge >= 0.3 is 11.8 Å². The van der Waals surface area contributed by atoms with Gasteiger partial charge < -0.3 is 14.2 Å². The molecule has 3 heterocycles. The van der Waals surface area contributed by atoms with Crippen LogP contribution in [0.25, 0.3) is 0 Å². The van der Waals surface area contributed by atoms with Gasteiger partial charge in [-0.2, -0.15) is 0 Å². The number of carbonyl (C=O) groups is 1. The molecule has 8 heteroatoms. The first-order chi connectivity index (χ1) is 14.5. The highest BCUT2D eigenvalue weighted by molar-refractivity contribution is 5.68. The molecule has 0 radical (unpaired) electrons. The molecule has 1 aromatic heterocycles. The number of hydrogen-bond donors (Lipinski definition) is 0. The van der Waals surface area contributed by atoms with Crippen LogP contribution in [0.5, 0.6) is 0 Å². The maximum absolute atomic E-state index is 13.1. The highest BCUT2D eigenvalue weighted by Crippen LogP contribution is 2.16. The molecule has 0 bridgehead atoms. The standard InChI is InChI=1S/C22H28N4O4/c1-23-19-10-13-25(22(29)30-16-24-11-6-3-7-12-24)15-18(19)20(27)26(21(23)28)14-17-8-4-2-5-9-17/h2,4-5,8-9H,3,6-7,10-16H2,1H3. The monoisotopic (exact) mass is 412 g/mol. The minimum absolute atomic E-state index is 0.163. The van der Waals surface area contributed by atoms with Crippen LogP contribution in [0.4, 0.5) is 4.79 Å². The molecule has 0 aliphatic carbocycles. The number of hydrogen-bond acceptors (Lipinski definition) is 5. The lowest BCUT2D eigenvalue weighted by atomic mass is 10.1. The number of amides is 1. The SMILES string of the molecule is Cn1c2c(c(=O)n(Cc3ccccc3)c1=O)CN(C(=O)OCN1CCCCC1)CC2. The van der Waals surface area contributed by atoms with Gasteiger partial charge in [-0.05, 0) is 18.4 Å². The van der Waals surface area contributed by atoms with Crippen LogP contribution in [0.1, 0.15) is 36.1 Å². The van der Waals surface area contributed by atoms with Crippen molar-refractivity contribution in [1.82, 2.24) is 18.9 Å². The fourth-order valence-electron chi connectivity index (χ4n) is 4.25. The van der Waals surface area contributed by atoms with E-state index in [9.17, 15) is 14.4 Å². The van der Waals surface area contributed by atoms with E-state index < -0.39 is 6.09 Å². The summed E-state index contributed by atoms with van der Waals surface area (Å²) in [5.74, 6) is 0. The van der Waals surface area contributed by atoms with Crippen molar-refractivity contribution >= 4 is 6.09 Å². The van der Waals surface area contributed by atoms with E-state index in [4.69, 9.17) is 4.74 Å². The normalized spacial score (nSPS) is 16.9. The first-order valence-electron chi connectivity index (χ1n) is 10.5. The molecule has 2 aromatic rings. The van der Waals surface area contributed by atoms with Gasteiger partial charge in [-0.3, -0.25) is 14.3 Å². The summed E-state index contributed by atoms with van der Waals surface area (Å²) in [5, 5.41) is 0. The van der Waals surface area contributed by atoms with Gasteiger partial charge in [0, 0.05) is 38.8 Å². The smallest absolute Gasteiger partial charge is 0.411 e. The molecular formula is C22H28N4O4. The number of ether oxygens (including phenoxy) is 1. The second-order valence-corrected chi connectivity index (χ2v) is 8.03. The van der Waals surface area contributed by atoms with Gasteiger partial charge in [0.15, 0.2) is 0 Å². The molecule has 0 N–H and O–H groups in total. The molecule has 0 spiro atoms. The summed E-state index contributed by atoms with van der Waals surface area (Å²) in [6.07, 6.45) is 3.53. The lowest BCUT2D eigenvalue weighted by molar-refractivity contribution is 0.0334. The van der Waals surface area contributed by atoms with E-state index >= 15 is 0 Å². The molecule has 4 rings (SSSR count). The van der Waals surface area contributed by atoms with E-state index in [1.807, 2.05) is 30.3 Å². The van der Waals surface area contributed by atoms with Crippen molar-refractivity contribution in [2.75, 3.05) is 26.4 Å². The topological polar surface area (TPSA) is 76.8 Å². The Labute approximate surface area is 175 Å². The number of carbonyl (C=O) groups excluding carboxylic acids is 1. The van der Waals surface area contributed by atoms with E-state index in [1.165, 1.54) is 15.6 Å². The lowest BCUT2D eigenvalue weighted by Crippen LogP contribution is -2.48. The van der Waals surface area contributed by atoms with Crippen molar-refractivity contribution in [2.45, 2.75) is 38.8 Å². The molecule has 2 aliphatic rings. The molecular weight excluding hydrogens is 384 g/mol. The van der Waals surface area contributed by atoms with Crippen LogP contribution in [-0.4, -0.2) is 51.4 Å². The van der Waals surface area contributed by atoms with Crippen molar-refractivity contribution in [3.63, 3.8) is 0 Å². The summed E-state index contributed by atoms with van der Waals surface area (Å²) in [5.41, 5.74) is 1.42. The van der Waals surface area contributed by atoms with Gasteiger partial charge in [-0.1, -0.05) is 36.8 Å². The summed E-state index contributed by atoms with van der Waals surface area (Å²) in [6, 6.07) is 9.42. The lowest BCUT2D eigenvalue weighted by Gasteiger charge is -2.31. The summed E-state index contributed by atoms with van der Waals surface area (Å²) < 4.78 is 8.28. The van der Waals surface area contributed by atoms with Gasteiger partial charge in [0.2, 0.25) is 0 Å². The third-order valence-electron chi connectivity index (χ3n) is 6.00. The maximum Gasteiger partial charge on any atom is 0.411 e. The first-order valence-corrected chi connectivity index (χ1v) is 10.5. The number of benzene rings is 1. The molecule has 1 fully saturated rings. The van der Waals surface area contributed by atoms with E-state index in [-0.39, 0.29) is 31.1 Å². The van der Waals surface area contributed by atoms with E-state index in [0.29, 0.717) is 24.2 Å². The van der Waals surface area contributed by atoms with Crippen LogP contribution in [0.2, 0.25) is 0 Å². The van der Waals surface area contributed by atoms with Gasteiger partial charge in [0.1, 0.15) is 6.73 Å². The Kier molecular flexibility index (Phi) is 6.03. The molecule has 160 valence electrons. The maximum atomic E-state index is 13.1. The largest absolute Gasteiger partial charge is 0.433 e. The van der Waals surface area contributed by atoms with Crippen molar-refractivity contribution in [3.05, 3.63) is 68.0 Å². The highest BCUT2D eigenvalue weighted by Gasteiger charge is 2.28. The number of aromatic nitrogens is 2. The zero-order valence-electron chi connectivity index (χ0n) is 17.4. The average Bonchev–Trinajstić information content (AvgIpc) is 2.80. The zero-order valence-corrected chi connectivity index (χ0v) is 17.4. The summed E-state index contributed by atoms with van der Waals surface area (Å²) in [6.45, 7) is 2.98. The molecule has 8 nitrogen and oxygen atoms in total.